The molecule has 1 aromatic heterocycles. The van der Waals surface area contributed by atoms with Crippen molar-refractivity contribution < 1.29 is 14.6 Å². The van der Waals surface area contributed by atoms with Crippen LogP contribution in [0, 0.1) is 0 Å². The highest BCUT2D eigenvalue weighted by atomic mass is 35.5. The number of benzene rings is 2. The number of nitrogens with zero attached hydrogens (tertiary/aromatic N) is 1. The summed E-state index contributed by atoms with van der Waals surface area (Å²) in [6.45, 7) is 2.28. The fraction of sp³-hybridized carbons (Fsp3) is 0.200. The molecule has 0 bridgehead atoms. The van der Waals surface area contributed by atoms with Crippen molar-refractivity contribution in [1.29, 1.82) is 0 Å². The second kappa shape index (κ2) is 8.34. The van der Waals surface area contributed by atoms with Gasteiger partial charge < -0.3 is 9.84 Å². The quantitative estimate of drug-likeness (QED) is 0.571. The number of aliphatic carboxylic acids is 1. The Bertz CT molecular complexity index is 875. The van der Waals surface area contributed by atoms with Gasteiger partial charge in [0.15, 0.2) is 0 Å². The molecule has 0 spiro atoms. The topological polar surface area (TPSA) is 59.4 Å². The van der Waals surface area contributed by atoms with Crippen molar-refractivity contribution >= 4 is 28.9 Å². The summed E-state index contributed by atoms with van der Waals surface area (Å²) in [4.78, 5) is 15.4. The predicted molar refractivity (Wildman–Crippen MR) is 104 cm³/mol. The van der Waals surface area contributed by atoms with Gasteiger partial charge in [-0.1, -0.05) is 42.8 Å². The van der Waals surface area contributed by atoms with E-state index in [2.05, 4.69) is 4.98 Å². The molecule has 3 rings (SSSR count). The zero-order valence-electron chi connectivity index (χ0n) is 14.2. The smallest absolute Gasteiger partial charge is 0.303 e. The minimum atomic E-state index is -0.794. The summed E-state index contributed by atoms with van der Waals surface area (Å²) in [7, 11) is 0. The lowest BCUT2D eigenvalue weighted by atomic mass is 9.98. The van der Waals surface area contributed by atoms with Crippen molar-refractivity contribution in [3.63, 3.8) is 0 Å². The minimum absolute atomic E-state index is 0.0259. The van der Waals surface area contributed by atoms with Crippen LogP contribution in [0.5, 0.6) is 5.75 Å². The summed E-state index contributed by atoms with van der Waals surface area (Å²) in [5.74, 6) is -0.0859. The fourth-order valence-corrected chi connectivity index (χ4v) is 3.46. The van der Waals surface area contributed by atoms with Gasteiger partial charge in [-0.05, 0) is 35.7 Å². The number of hydrogen-bond donors (Lipinski definition) is 1. The molecule has 0 saturated carbocycles. The molecule has 4 nitrogen and oxygen atoms in total. The van der Waals surface area contributed by atoms with Crippen LogP contribution in [0.4, 0.5) is 0 Å². The van der Waals surface area contributed by atoms with Crippen molar-refractivity contribution in [2.45, 2.75) is 25.9 Å². The van der Waals surface area contributed by atoms with Crippen molar-refractivity contribution in [2.24, 2.45) is 0 Å². The lowest BCUT2D eigenvalue weighted by molar-refractivity contribution is -0.137. The van der Waals surface area contributed by atoms with Crippen LogP contribution >= 0.6 is 22.9 Å². The lowest BCUT2D eigenvalue weighted by Gasteiger charge is -2.10. The summed E-state index contributed by atoms with van der Waals surface area (Å²) < 4.78 is 5.78. The van der Waals surface area contributed by atoms with Gasteiger partial charge in [0.1, 0.15) is 17.4 Å². The summed E-state index contributed by atoms with van der Waals surface area (Å²) >= 11 is 7.48. The molecule has 0 radical (unpaired) electrons. The average Bonchev–Trinajstić information content (AvgIpc) is 3.09. The number of thiazole rings is 1. The monoisotopic (exact) mass is 387 g/mol. The van der Waals surface area contributed by atoms with E-state index in [1.807, 2.05) is 60.8 Å². The number of rotatable bonds is 7. The zero-order chi connectivity index (χ0) is 18.5. The second-order valence-corrected chi connectivity index (χ2v) is 7.30. The first kappa shape index (κ1) is 18.4. The molecule has 1 atom stereocenters. The average molecular weight is 388 g/mol. The van der Waals surface area contributed by atoms with Crippen molar-refractivity contribution in [3.8, 4) is 16.3 Å². The molecule has 2 aromatic carbocycles. The van der Waals surface area contributed by atoms with Crippen molar-refractivity contribution in [1.82, 2.24) is 4.98 Å². The number of aromatic nitrogens is 1. The van der Waals surface area contributed by atoms with Crippen molar-refractivity contribution in [2.75, 3.05) is 0 Å². The highest BCUT2D eigenvalue weighted by Gasteiger charge is 2.10. The van der Waals surface area contributed by atoms with E-state index in [9.17, 15) is 4.79 Å². The maximum atomic E-state index is 10.8. The molecule has 0 saturated heterocycles. The van der Waals surface area contributed by atoms with E-state index in [1.54, 1.807) is 11.3 Å². The van der Waals surface area contributed by atoms with Crippen LogP contribution in [-0.4, -0.2) is 16.1 Å². The molecule has 134 valence electrons. The minimum Gasteiger partial charge on any atom is -0.487 e. The molecule has 1 unspecified atom stereocenters. The molecular formula is C20H18ClNO3S. The van der Waals surface area contributed by atoms with Gasteiger partial charge in [0.05, 0.1) is 12.1 Å². The Hall–Kier alpha value is -2.37. The van der Waals surface area contributed by atoms with Gasteiger partial charge >= 0.3 is 5.97 Å². The highest BCUT2D eigenvalue weighted by molar-refractivity contribution is 7.13. The van der Waals surface area contributed by atoms with E-state index in [0.29, 0.717) is 11.6 Å². The van der Waals surface area contributed by atoms with Crippen LogP contribution in [0.3, 0.4) is 0 Å². The van der Waals surface area contributed by atoms with Crippen LogP contribution in [0.15, 0.2) is 53.9 Å². The Balaban J connectivity index is 1.59. The third-order valence-electron chi connectivity index (χ3n) is 3.96. The number of ether oxygens (including phenoxy) is 1. The fourth-order valence-electron chi connectivity index (χ4n) is 2.53. The first-order chi connectivity index (χ1) is 12.5. The Labute approximate surface area is 161 Å². The van der Waals surface area contributed by atoms with Crippen molar-refractivity contribution in [3.05, 3.63) is 70.2 Å². The summed E-state index contributed by atoms with van der Waals surface area (Å²) in [5, 5.41) is 12.5. The largest absolute Gasteiger partial charge is 0.487 e. The second-order valence-electron chi connectivity index (χ2n) is 6.01. The summed E-state index contributed by atoms with van der Waals surface area (Å²) in [6, 6.07) is 15.1. The van der Waals surface area contributed by atoms with E-state index in [4.69, 9.17) is 21.4 Å². The number of carboxylic acids is 1. The third kappa shape index (κ3) is 4.84. The molecule has 1 heterocycles. The maximum absolute atomic E-state index is 10.8. The van der Waals surface area contributed by atoms with Gasteiger partial charge in [-0.2, -0.15) is 0 Å². The normalized spacial score (nSPS) is 11.9. The molecular weight excluding hydrogens is 370 g/mol. The molecule has 0 aliphatic rings. The molecule has 0 fully saturated rings. The molecule has 3 aromatic rings. The van der Waals surface area contributed by atoms with Gasteiger partial charge in [-0.3, -0.25) is 4.79 Å². The van der Waals surface area contributed by atoms with Gasteiger partial charge in [-0.25, -0.2) is 4.98 Å². The number of halogens is 1. The molecule has 6 heteroatoms. The highest BCUT2D eigenvalue weighted by Crippen LogP contribution is 2.26. The third-order valence-corrected chi connectivity index (χ3v) is 5.15. The Kier molecular flexibility index (Phi) is 5.91. The lowest BCUT2D eigenvalue weighted by Crippen LogP contribution is -2.03. The number of hydrogen-bond acceptors (Lipinski definition) is 4. The molecule has 0 aliphatic heterocycles. The number of carbonyl (C=O) groups is 1. The molecule has 0 aliphatic carbocycles. The Morgan fingerprint density at radius 2 is 1.88 bits per heavy atom. The zero-order valence-corrected chi connectivity index (χ0v) is 15.8. The first-order valence-corrected chi connectivity index (χ1v) is 9.42. The molecule has 0 amide bonds. The SMILES string of the molecule is CC(CC(=O)O)c1ccc(OCc2csc(-c3ccc(Cl)cc3)n2)cc1. The first-order valence-electron chi connectivity index (χ1n) is 8.16. The standard InChI is InChI=1S/C20H18ClNO3S/c1-13(10-19(23)24)14-4-8-18(9-5-14)25-11-17-12-26-20(22-17)15-2-6-16(21)7-3-15/h2-9,12-13H,10-11H2,1H3,(H,23,24). The Morgan fingerprint density at radius 1 is 1.19 bits per heavy atom. The molecule has 26 heavy (non-hydrogen) atoms. The van der Waals surface area contributed by atoms with Gasteiger partial charge in [0.25, 0.3) is 0 Å². The van der Waals surface area contributed by atoms with Crippen LogP contribution in [0.25, 0.3) is 10.6 Å². The van der Waals surface area contributed by atoms with Gasteiger partial charge in [0.2, 0.25) is 0 Å². The van der Waals surface area contributed by atoms with E-state index >= 15 is 0 Å². The summed E-state index contributed by atoms with van der Waals surface area (Å²) in [5.41, 5.74) is 2.88. The van der Waals surface area contributed by atoms with Crippen LogP contribution in [-0.2, 0) is 11.4 Å². The van der Waals surface area contributed by atoms with Crippen LogP contribution in [0.1, 0.15) is 30.5 Å². The predicted octanol–water partition coefficient (Wildman–Crippen LogP) is 5.62. The Morgan fingerprint density at radius 3 is 2.54 bits per heavy atom. The van der Waals surface area contributed by atoms with E-state index < -0.39 is 5.97 Å². The van der Waals surface area contributed by atoms with Crippen LogP contribution < -0.4 is 4.74 Å². The van der Waals surface area contributed by atoms with Crippen LogP contribution in [0.2, 0.25) is 5.02 Å². The van der Waals surface area contributed by atoms with E-state index in [-0.39, 0.29) is 12.3 Å². The number of carboxylic acid groups (broad SMARTS) is 1. The summed E-state index contributed by atoms with van der Waals surface area (Å²) in [6.07, 6.45) is 0.118. The van der Waals surface area contributed by atoms with E-state index in [0.717, 1.165) is 27.6 Å². The van der Waals surface area contributed by atoms with E-state index in [1.165, 1.54) is 0 Å². The van der Waals surface area contributed by atoms with Gasteiger partial charge in [-0.15, -0.1) is 11.3 Å². The molecule has 1 N–H and O–H groups in total. The van der Waals surface area contributed by atoms with Gasteiger partial charge in [0, 0.05) is 16.0 Å². The maximum Gasteiger partial charge on any atom is 0.303 e.